The van der Waals surface area contributed by atoms with Crippen LogP contribution in [0.15, 0.2) is 24.3 Å². The number of thiocarbonyl (C=S) groups is 1. The van der Waals surface area contributed by atoms with Gasteiger partial charge in [-0.2, -0.15) is 0 Å². The number of hydrogen-bond acceptors (Lipinski definition) is 3. The molecule has 2 atom stereocenters. The van der Waals surface area contributed by atoms with Crippen molar-refractivity contribution in [2.45, 2.75) is 52.1 Å². The van der Waals surface area contributed by atoms with E-state index in [4.69, 9.17) is 12.2 Å². The Kier molecular flexibility index (Phi) is 5.31. The molecule has 4 nitrogen and oxygen atoms in total. The fraction of sp³-hybridized carbons (Fsp3) is 0.500. The Morgan fingerprint density at radius 1 is 1.19 bits per heavy atom. The molecule has 114 valence electrons. The highest BCUT2D eigenvalue weighted by atomic mass is 32.1. The van der Waals surface area contributed by atoms with Crippen LogP contribution >= 0.6 is 12.2 Å². The third-order valence-electron chi connectivity index (χ3n) is 3.97. The summed E-state index contributed by atoms with van der Waals surface area (Å²) in [5, 5.41) is 5.98. The van der Waals surface area contributed by atoms with Crippen molar-refractivity contribution in [3.8, 4) is 0 Å². The summed E-state index contributed by atoms with van der Waals surface area (Å²) < 4.78 is 0. The highest BCUT2D eigenvalue weighted by Crippen LogP contribution is 2.20. The molecule has 0 spiro atoms. The molecular formula is C16H23N3OS. The Labute approximate surface area is 131 Å². The van der Waals surface area contributed by atoms with E-state index >= 15 is 0 Å². The zero-order chi connectivity index (χ0) is 15.4. The Balaban J connectivity index is 1.93. The van der Waals surface area contributed by atoms with Gasteiger partial charge in [0.1, 0.15) is 0 Å². The molecule has 1 aromatic carbocycles. The molecular weight excluding hydrogens is 282 g/mol. The lowest BCUT2D eigenvalue weighted by Gasteiger charge is -2.39. The first kappa shape index (κ1) is 15.9. The van der Waals surface area contributed by atoms with Crippen LogP contribution in [0.4, 0.5) is 5.69 Å². The summed E-state index contributed by atoms with van der Waals surface area (Å²) in [6.07, 6.45) is 3.65. The van der Waals surface area contributed by atoms with Gasteiger partial charge in [0.15, 0.2) is 10.9 Å². The molecule has 2 N–H and O–H groups in total. The third kappa shape index (κ3) is 4.25. The molecule has 1 aromatic rings. The number of anilines is 1. The van der Waals surface area contributed by atoms with Gasteiger partial charge in [-0.05, 0) is 70.1 Å². The summed E-state index contributed by atoms with van der Waals surface area (Å²) in [6, 6.07) is 8.31. The SMILES string of the molecule is CC(=O)c1ccc(NC(=S)NN2[C@@H](C)CCC[C@@H]2C)cc1. The van der Waals surface area contributed by atoms with Crippen molar-refractivity contribution in [2.75, 3.05) is 5.32 Å². The summed E-state index contributed by atoms with van der Waals surface area (Å²) in [6.45, 7) is 5.99. The van der Waals surface area contributed by atoms with Crippen LogP contribution in [0.1, 0.15) is 50.4 Å². The van der Waals surface area contributed by atoms with Crippen LogP contribution in [-0.2, 0) is 0 Å². The lowest BCUT2D eigenvalue weighted by atomic mass is 10.00. The van der Waals surface area contributed by atoms with Gasteiger partial charge < -0.3 is 5.32 Å². The average molecular weight is 305 g/mol. The van der Waals surface area contributed by atoms with Crippen molar-refractivity contribution in [1.82, 2.24) is 10.4 Å². The second-order valence-corrected chi connectivity index (χ2v) is 6.14. The van der Waals surface area contributed by atoms with E-state index in [0.29, 0.717) is 22.8 Å². The van der Waals surface area contributed by atoms with E-state index in [9.17, 15) is 4.79 Å². The number of nitrogens with zero attached hydrogens (tertiary/aromatic N) is 1. The first-order chi connectivity index (χ1) is 9.97. The molecule has 0 radical (unpaired) electrons. The third-order valence-corrected chi connectivity index (χ3v) is 4.17. The Morgan fingerprint density at radius 2 is 1.76 bits per heavy atom. The predicted octanol–water partition coefficient (Wildman–Crippen LogP) is 3.35. The van der Waals surface area contributed by atoms with Gasteiger partial charge in [-0.15, -0.1) is 0 Å². The van der Waals surface area contributed by atoms with Crippen LogP contribution in [-0.4, -0.2) is 28.0 Å². The van der Waals surface area contributed by atoms with E-state index in [2.05, 4.69) is 29.6 Å². The Morgan fingerprint density at radius 3 is 2.29 bits per heavy atom. The predicted molar refractivity (Wildman–Crippen MR) is 90.4 cm³/mol. The number of hydrogen-bond donors (Lipinski definition) is 2. The number of piperidine rings is 1. The molecule has 0 saturated carbocycles. The van der Waals surface area contributed by atoms with E-state index in [1.54, 1.807) is 19.1 Å². The van der Waals surface area contributed by atoms with Gasteiger partial charge in [-0.3, -0.25) is 10.2 Å². The summed E-state index contributed by atoms with van der Waals surface area (Å²) in [5.74, 6) is 0.0678. The van der Waals surface area contributed by atoms with E-state index in [1.165, 1.54) is 19.3 Å². The number of ketones is 1. The fourth-order valence-corrected chi connectivity index (χ4v) is 2.93. The van der Waals surface area contributed by atoms with Crippen LogP contribution in [0.3, 0.4) is 0 Å². The molecule has 21 heavy (non-hydrogen) atoms. The standard InChI is InChI=1S/C16H23N3OS/c1-11-5-4-6-12(2)19(11)18-16(21)17-15-9-7-14(8-10-15)13(3)20/h7-12H,4-6H2,1-3H3,(H2,17,18,21)/t11-,12-/m0/s1. The minimum atomic E-state index is 0.0678. The van der Waals surface area contributed by atoms with Crippen molar-refractivity contribution < 1.29 is 4.79 Å². The summed E-state index contributed by atoms with van der Waals surface area (Å²) in [7, 11) is 0. The zero-order valence-corrected chi connectivity index (χ0v) is 13.7. The second-order valence-electron chi connectivity index (χ2n) is 5.74. The minimum Gasteiger partial charge on any atom is -0.332 e. The number of hydrazine groups is 1. The molecule has 0 amide bonds. The highest BCUT2D eigenvalue weighted by Gasteiger charge is 2.25. The largest absolute Gasteiger partial charge is 0.332 e. The molecule has 0 bridgehead atoms. The van der Waals surface area contributed by atoms with E-state index < -0.39 is 0 Å². The zero-order valence-electron chi connectivity index (χ0n) is 12.8. The minimum absolute atomic E-state index is 0.0678. The number of Topliss-reactive ketones (excluding diaryl/α,β-unsaturated/α-hetero) is 1. The van der Waals surface area contributed by atoms with Crippen LogP contribution < -0.4 is 10.7 Å². The van der Waals surface area contributed by atoms with Crippen LogP contribution in [0.25, 0.3) is 0 Å². The molecule has 2 rings (SSSR count). The number of carbonyl (C=O) groups excluding carboxylic acids is 1. The van der Waals surface area contributed by atoms with Crippen LogP contribution in [0.5, 0.6) is 0 Å². The second kappa shape index (κ2) is 7.00. The first-order valence-electron chi connectivity index (χ1n) is 7.44. The Hall–Kier alpha value is -1.46. The van der Waals surface area contributed by atoms with Gasteiger partial charge >= 0.3 is 0 Å². The average Bonchev–Trinajstić information content (AvgIpc) is 2.43. The van der Waals surface area contributed by atoms with Crippen LogP contribution in [0, 0.1) is 0 Å². The van der Waals surface area contributed by atoms with Gasteiger partial charge in [0.25, 0.3) is 0 Å². The van der Waals surface area contributed by atoms with Gasteiger partial charge in [0.2, 0.25) is 0 Å². The Bertz CT molecular complexity index is 505. The molecule has 1 fully saturated rings. The van der Waals surface area contributed by atoms with Gasteiger partial charge in [0.05, 0.1) is 0 Å². The number of rotatable bonds is 3. The van der Waals surface area contributed by atoms with Gasteiger partial charge in [0, 0.05) is 23.3 Å². The lowest BCUT2D eigenvalue weighted by molar-refractivity contribution is 0.0750. The maximum absolute atomic E-state index is 11.2. The van der Waals surface area contributed by atoms with Gasteiger partial charge in [-0.25, -0.2) is 5.01 Å². The van der Waals surface area contributed by atoms with E-state index in [-0.39, 0.29) is 5.78 Å². The molecule has 1 aliphatic rings. The van der Waals surface area contributed by atoms with Crippen molar-refractivity contribution in [2.24, 2.45) is 0 Å². The summed E-state index contributed by atoms with van der Waals surface area (Å²) in [4.78, 5) is 11.2. The van der Waals surface area contributed by atoms with Crippen molar-refractivity contribution in [1.29, 1.82) is 0 Å². The molecule has 1 saturated heterocycles. The first-order valence-corrected chi connectivity index (χ1v) is 7.85. The molecule has 0 aromatic heterocycles. The summed E-state index contributed by atoms with van der Waals surface area (Å²) in [5.41, 5.74) is 4.88. The quantitative estimate of drug-likeness (QED) is 0.662. The smallest absolute Gasteiger partial charge is 0.185 e. The normalized spacial score (nSPS) is 22.6. The topological polar surface area (TPSA) is 44.4 Å². The van der Waals surface area contributed by atoms with E-state index in [1.807, 2.05) is 12.1 Å². The van der Waals surface area contributed by atoms with Gasteiger partial charge in [-0.1, -0.05) is 6.42 Å². The maximum atomic E-state index is 11.2. The fourth-order valence-electron chi connectivity index (χ4n) is 2.71. The van der Waals surface area contributed by atoms with Crippen LogP contribution in [0.2, 0.25) is 0 Å². The molecule has 1 heterocycles. The number of carbonyl (C=O) groups is 1. The molecule has 0 unspecified atom stereocenters. The lowest BCUT2D eigenvalue weighted by Crippen LogP contribution is -2.55. The molecule has 1 aliphatic heterocycles. The maximum Gasteiger partial charge on any atom is 0.185 e. The van der Waals surface area contributed by atoms with Crippen molar-refractivity contribution >= 4 is 28.8 Å². The molecule has 0 aliphatic carbocycles. The van der Waals surface area contributed by atoms with E-state index in [0.717, 1.165) is 5.69 Å². The number of benzene rings is 1. The highest BCUT2D eigenvalue weighted by molar-refractivity contribution is 7.80. The van der Waals surface area contributed by atoms with Crippen molar-refractivity contribution in [3.63, 3.8) is 0 Å². The monoisotopic (exact) mass is 305 g/mol. The summed E-state index contributed by atoms with van der Waals surface area (Å²) >= 11 is 5.38. The van der Waals surface area contributed by atoms with Crippen molar-refractivity contribution in [3.05, 3.63) is 29.8 Å². The number of nitrogens with one attached hydrogen (secondary N) is 2. The molecule has 5 heteroatoms.